The molecule has 0 spiro atoms. The van der Waals surface area contributed by atoms with Crippen LogP contribution in [0.15, 0.2) is 53.0 Å². The van der Waals surface area contributed by atoms with Crippen LogP contribution in [0.25, 0.3) is 0 Å². The third kappa shape index (κ3) is 8.15. The summed E-state index contributed by atoms with van der Waals surface area (Å²) >= 11 is 5.01. The zero-order valence-corrected chi connectivity index (χ0v) is 20.6. The van der Waals surface area contributed by atoms with Crippen LogP contribution >= 0.6 is 27.7 Å². The van der Waals surface area contributed by atoms with E-state index in [1.54, 1.807) is 16.7 Å². The number of aryl methyl sites for hydroxylation is 1. The number of amides is 2. The molecule has 4 nitrogen and oxygen atoms in total. The summed E-state index contributed by atoms with van der Waals surface area (Å²) in [5.41, 5.74) is 3.34. The van der Waals surface area contributed by atoms with Crippen molar-refractivity contribution in [3.05, 3.63) is 69.7 Å². The Hall–Kier alpha value is -1.79. The highest BCUT2D eigenvalue weighted by Gasteiger charge is 2.26. The molecular weight excluding hydrogens is 460 g/mol. The number of hydrogen-bond donors (Lipinski definition) is 1. The predicted molar refractivity (Wildman–Crippen MR) is 129 cm³/mol. The van der Waals surface area contributed by atoms with E-state index in [1.165, 1.54) is 5.56 Å². The lowest BCUT2D eigenvalue weighted by Gasteiger charge is -2.29. The van der Waals surface area contributed by atoms with Crippen LogP contribution in [-0.4, -0.2) is 35.1 Å². The van der Waals surface area contributed by atoms with Gasteiger partial charge in [0.2, 0.25) is 11.8 Å². The minimum absolute atomic E-state index is 0.0224. The van der Waals surface area contributed by atoms with Crippen molar-refractivity contribution in [1.82, 2.24) is 10.2 Å². The molecule has 2 rings (SSSR count). The minimum Gasteiger partial charge on any atom is -0.354 e. The van der Waals surface area contributed by atoms with Crippen molar-refractivity contribution in [3.63, 3.8) is 0 Å². The maximum absolute atomic E-state index is 13.1. The van der Waals surface area contributed by atoms with Crippen LogP contribution < -0.4 is 5.32 Å². The summed E-state index contributed by atoms with van der Waals surface area (Å²) in [6.07, 6.45) is 0. The second-order valence-electron chi connectivity index (χ2n) is 7.94. The van der Waals surface area contributed by atoms with Crippen LogP contribution in [0.1, 0.15) is 37.5 Å². The monoisotopic (exact) mass is 490 g/mol. The van der Waals surface area contributed by atoms with Gasteiger partial charge in [-0.25, -0.2) is 0 Å². The average molecular weight is 491 g/mol. The molecule has 1 unspecified atom stereocenters. The molecule has 2 amide bonds. The van der Waals surface area contributed by atoms with Crippen molar-refractivity contribution in [2.75, 3.05) is 12.3 Å². The van der Waals surface area contributed by atoms with Gasteiger partial charge in [-0.05, 0) is 43.0 Å². The second kappa shape index (κ2) is 12.2. The molecule has 0 aliphatic heterocycles. The lowest BCUT2D eigenvalue weighted by Crippen LogP contribution is -2.48. The molecule has 0 aliphatic rings. The van der Waals surface area contributed by atoms with Gasteiger partial charge in [-0.1, -0.05) is 71.7 Å². The van der Waals surface area contributed by atoms with Gasteiger partial charge in [0.05, 0.1) is 5.75 Å². The Morgan fingerprint density at radius 3 is 2.40 bits per heavy atom. The summed E-state index contributed by atoms with van der Waals surface area (Å²) in [5.74, 6) is 1.33. The Kier molecular flexibility index (Phi) is 9.92. The third-order valence-electron chi connectivity index (χ3n) is 4.69. The van der Waals surface area contributed by atoms with Gasteiger partial charge in [-0.3, -0.25) is 9.59 Å². The molecule has 1 atom stereocenters. The summed E-state index contributed by atoms with van der Waals surface area (Å²) in [4.78, 5) is 27.4. The molecule has 0 radical (unpaired) electrons. The molecule has 162 valence electrons. The standard InChI is InChI=1S/C24H31BrN2O2S/c1-17(2)13-26-24(29)19(4)27(14-21-7-5-6-18(3)12-21)23(28)16-30-15-20-8-10-22(25)11-9-20/h5-12,17,19H,13-16H2,1-4H3,(H,26,29). The quantitative estimate of drug-likeness (QED) is 0.498. The van der Waals surface area contributed by atoms with Gasteiger partial charge in [-0.15, -0.1) is 11.8 Å². The van der Waals surface area contributed by atoms with Crippen molar-refractivity contribution in [3.8, 4) is 0 Å². The molecule has 0 fully saturated rings. The molecule has 0 saturated carbocycles. The van der Waals surface area contributed by atoms with Gasteiger partial charge in [0.15, 0.2) is 0 Å². The number of hydrogen-bond acceptors (Lipinski definition) is 3. The smallest absolute Gasteiger partial charge is 0.242 e. The molecule has 0 saturated heterocycles. The van der Waals surface area contributed by atoms with E-state index in [4.69, 9.17) is 0 Å². The number of carbonyl (C=O) groups is 2. The highest BCUT2D eigenvalue weighted by Crippen LogP contribution is 2.18. The van der Waals surface area contributed by atoms with E-state index in [0.717, 1.165) is 21.4 Å². The highest BCUT2D eigenvalue weighted by molar-refractivity contribution is 9.10. The molecule has 1 N–H and O–H groups in total. The first kappa shape index (κ1) is 24.5. The molecular formula is C24H31BrN2O2S. The number of carbonyl (C=O) groups excluding carboxylic acids is 2. The summed E-state index contributed by atoms with van der Waals surface area (Å²) in [5, 5.41) is 2.96. The SMILES string of the molecule is Cc1cccc(CN(C(=O)CSCc2ccc(Br)cc2)C(C)C(=O)NCC(C)C)c1. The van der Waals surface area contributed by atoms with E-state index >= 15 is 0 Å². The zero-order valence-electron chi connectivity index (χ0n) is 18.2. The number of nitrogens with zero attached hydrogens (tertiary/aromatic N) is 1. The van der Waals surface area contributed by atoms with Crippen molar-refractivity contribution < 1.29 is 9.59 Å². The largest absolute Gasteiger partial charge is 0.354 e. The molecule has 2 aromatic carbocycles. The molecule has 0 aliphatic carbocycles. The van der Waals surface area contributed by atoms with Gasteiger partial charge in [0.25, 0.3) is 0 Å². The van der Waals surface area contributed by atoms with Gasteiger partial charge in [0.1, 0.15) is 6.04 Å². The second-order valence-corrected chi connectivity index (χ2v) is 9.85. The molecule has 2 aromatic rings. The number of nitrogens with one attached hydrogen (secondary N) is 1. The number of rotatable bonds is 10. The lowest BCUT2D eigenvalue weighted by atomic mass is 10.1. The highest BCUT2D eigenvalue weighted by atomic mass is 79.9. The van der Waals surface area contributed by atoms with E-state index in [9.17, 15) is 9.59 Å². The molecule has 6 heteroatoms. The first-order valence-electron chi connectivity index (χ1n) is 10.2. The maximum Gasteiger partial charge on any atom is 0.242 e. The van der Waals surface area contributed by atoms with Crippen LogP contribution in [0.2, 0.25) is 0 Å². The topological polar surface area (TPSA) is 49.4 Å². The maximum atomic E-state index is 13.1. The Bertz CT molecular complexity index is 839. The predicted octanol–water partition coefficient (Wildman–Crippen LogP) is 5.18. The van der Waals surface area contributed by atoms with Crippen LogP contribution in [0.4, 0.5) is 0 Å². The van der Waals surface area contributed by atoms with Crippen molar-refractivity contribution >= 4 is 39.5 Å². The normalized spacial score (nSPS) is 11.9. The number of benzene rings is 2. The minimum atomic E-state index is -0.523. The fraction of sp³-hybridized carbons (Fsp3) is 0.417. The summed E-state index contributed by atoms with van der Waals surface area (Å²) in [6, 6.07) is 15.7. The van der Waals surface area contributed by atoms with Gasteiger partial charge >= 0.3 is 0 Å². The van der Waals surface area contributed by atoms with E-state index < -0.39 is 6.04 Å². The first-order chi connectivity index (χ1) is 14.3. The molecule has 0 bridgehead atoms. The van der Waals surface area contributed by atoms with Crippen LogP contribution in [0, 0.1) is 12.8 Å². The van der Waals surface area contributed by atoms with Crippen molar-refractivity contribution in [2.24, 2.45) is 5.92 Å². The Morgan fingerprint density at radius 1 is 1.07 bits per heavy atom. The fourth-order valence-corrected chi connectivity index (χ4v) is 4.10. The Labute approximate surface area is 192 Å². The van der Waals surface area contributed by atoms with Crippen LogP contribution in [0.3, 0.4) is 0 Å². The molecule has 0 aromatic heterocycles. The van der Waals surface area contributed by atoms with Gasteiger partial charge in [0, 0.05) is 23.3 Å². The van der Waals surface area contributed by atoms with Crippen molar-refractivity contribution in [2.45, 2.75) is 46.0 Å². The first-order valence-corrected chi connectivity index (χ1v) is 12.2. The number of halogens is 1. The Morgan fingerprint density at radius 2 is 1.77 bits per heavy atom. The molecule has 0 heterocycles. The number of thioether (sulfide) groups is 1. The summed E-state index contributed by atoms with van der Waals surface area (Å²) in [6.45, 7) is 8.98. The fourth-order valence-electron chi connectivity index (χ4n) is 2.96. The van der Waals surface area contributed by atoms with Gasteiger partial charge in [-0.2, -0.15) is 0 Å². The van der Waals surface area contributed by atoms with E-state index in [0.29, 0.717) is 24.8 Å². The lowest BCUT2D eigenvalue weighted by molar-refractivity contribution is -0.138. The van der Waals surface area contributed by atoms with Crippen LogP contribution in [0.5, 0.6) is 0 Å². The van der Waals surface area contributed by atoms with E-state index in [-0.39, 0.29) is 11.8 Å². The third-order valence-corrected chi connectivity index (χ3v) is 6.21. The average Bonchev–Trinajstić information content (AvgIpc) is 2.71. The summed E-state index contributed by atoms with van der Waals surface area (Å²) in [7, 11) is 0. The van der Waals surface area contributed by atoms with E-state index in [2.05, 4.69) is 41.2 Å². The Balaban J connectivity index is 2.05. The van der Waals surface area contributed by atoms with Crippen LogP contribution in [-0.2, 0) is 21.9 Å². The van der Waals surface area contributed by atoms with Crippen molar-refractivity contribution in [1.29, 1.82) is 0 Å². The zero-order chi connectivity index (χ0) is 22.1. The van der Waals surface area contributed by atoms with E-state index in [1.807, 2.05) is 56.3 Å². The van der Waals surface area contributed by atoms with Gasteiger partial charge < -0.3 is 10.2 Å². The summed E-state index contributed by atoms with van der Waals surface area (Å²) < 4.78 is 1.04. The molecule has 30 heavy (non-hydrogen) atoms.